The molecule has 0 N–H and O–H groups in total. The van der Waals surface area contributed by atoms with Gasteiger partial charge in [0.15, 0.2) is 11.5 Å². The van der Waals surface area contributed by atoms with Gasteiger partial charge >= 0.3 is 12.3 Å². The Morgan fingerprint density at radius 1 is 1.14 bits per heavy atom. The lowest BCUT2D eigenvalue weighted by Crippen LogP contribution is -2.60. The van der Waals surface area contributed by atoms with Crippen molar-refractivity contribution >= 4 is 41.2 Å². The van der Waals surface area contributed by atoms with E-state index < -0.39 is 72.0 Å². The summed E-state index contributed by atoms with van der Waals surface area (Å²) in [5.74, 6) is -2.17. The van der Waals surface area contributed by atoms with E-state index in [-0.39, 0.29) is 0 Å². The number of nitrogens with zero attached hydrogens (tertiary/aromatic N) is 3. The van der Waals surface area contributed by atoms with Crippen LogP contribution < -0.4 is 15.2 Å². The number of pyridine rings is 1. The minimum absolute atomic E-state index is 0.328. The molecule has 0 radical (unpaired) electrons. The average molecular weight is 652 g/mol. The zero-order valence-corrected chi connectivity index (χ0v) is 25.1. The van der Waals surface area contributed by atoms with E-state index in [0.29, 0.717) is 26.8 Å². The van der Waals surface area contributed by atoms with Gasteiger partial charge < -0.3 is 19.1 Å². The summed E-state index contributed by atoms with van der Waals surface area (Å²) in [6.07, 6.45) is -4.91. The van der Waals surface area contributed by atoms with Crippen LogP contribution in [0, 0.1) is 0 Å². The number of alkyl halides is 3. The van der Waals surface area contributed by atoms with Gasteiger partial charge in [-0.2, -0.15) is 13.2 Å². The Morgan fingerprint density at radius 2 is 1.86 bits per heavy atom. The number of Topliss-reactive ketones (excluding diaryl/α,β-unsaturated/α-hetero) is 1. The highest BCUT2D eigenvalue weighted by Crippen LogP contribution is 2.45. The fourth-order valence-corrected chi connectivity index (χ4v) is 6.52. The first-order chi connectivity index (χ1) is 20.8. The molecular formula is C29H25ClF3N3O7S. The van der Waals surface area contributed by atoms with Crippen LogP contribution in [0.15, 0.2) is 58.4 Å². The van der Waals surface area contributed by atoms with Crippen molar-refractivity contribution in [3.63, 3.8) is 0 Å². The van der Waals surface area contributed by atoms with E-state index in [2.05, 4.69) is 4.74 Å². The van der Waals surface area contributed by atoms with E-state index in [0.717, 1.165) is 42.3 Å². The van der Waals surface area contributed by atoms with Gasteiger partial charge in [-0.1, -0.05) is 41.9 Å². The topological polar surface area (TPSA) is 107 Å². The molecule has 0 aliphatic carbocycles. The zero-order chi connectivity index (χ0) is 31.9. The third-order valence-electron chi connectivity index (χ3n) is 7.36. The first-order valence-electron chi connectivity index (χ1n) is 13.1. The molecule has 44 heavy (non-hydrogen) atoms. The van der Waals surface area contributed by atoms with Crippen LogP contribution in [0.2, 0.25) is 5.02 Å². The van der Waals surface area contributed by atoms with E-state index in [1.54, 1.807) is 24.3 Å². The van der Waals surface area contributed by atoms with Crippen LogP contribution in [0.5, 0.6) is 5.75 Å². The molecule has 0 spiro atoms. The van der Waals surface area contributed by atoms with Gasteiger partial charge in [0.2, 0.25) is 18.0 Å². The summed E-state index contributed by atoms with van der Waals surface area (Å²) < 4.78 is 58.2. The van der Waals surface area contributed by atoms with Gasteiger partial charge in [-0.15, -0.1) is 11.8 Å². The number of carbonyl (C=O) groups is 3. The zero-order valence-electron chi connectivity index (χ0n) is 23.5. The molecule has 1 amide bonds. The van der Waals surface area contributed by atoms with E-state index in [9.17, 15) is 32.3 Å². The summed E-state index contributed by atoms with van der Waals surface area (Å²) >= 11 is 8.28. The maximum Gasteiger partial charge on any atom is 0.510 e. The standard InChI is InChI=1S/C29H25ClF3N3O7S/c1-15(37)19-11-35-24(26(25(19)38)42-14-43-28(40)41-3)27(39)34(16(2)29(31,32)33)13-36(35)23-18-8-4-5-10-21(18)44-12-17-7-6-9-20(30)22(17)23/h4-11,16,23H,12-14H2,1-3H3/t16?,23-/m1/s1. The number of rotatable bonds is 6. The number of fused-ring (bicyclic) bond motifs is 3. The van der Waals surface area contributed by atoms with Crippen LogP contribution in [0.1, 0.15) is 57.4 Å². The second-order valence-corrected chi connectivity index (χ2v) is 11.4. The van der Waals surface area contributed by atoms with Crippen molar-refractivity contribution in [1.29, 1.82) is 0 Å². The van der Waals surface area contributed by atoms with E-state index >= 15 is 0 Å². The van der Waals surface area contributed by atoms with Crippen molar-refractivity contribution in [2.75, 3.05) is 25.6 Å². The molecule has 0 fully saturated rings. The molecule has 0 saturated carbocycles. The minimum atomic E-state index is -4.84. The summed E-state index contributed by atoms with van der Waals surface area (Å²) in [6, 6.07) is 9.34. The van der Waals surface area contributed by atoms with Crippen molar-refractivity contribution < 1.29 is 41.8 Å². The molecule has 232 valence electrons. The van der Waals surface area contributed by atoms with Crippen molar-refractivity contribution in [3.05, 3.63) is 91.9 Å². The summed E-state index contributed by atoms with van der Waals surface area (Å²) in [7, 11) is 1.03. The van der Waals surface area contributed by atoms with E-state index in [4.69, 9.17) is 21.1 Å². The van der Waals surface area contributed by atoms with Crippen LogP contribution >= 0.6 is 23.4 Å². The van der Waals surface area contributed by atoms with Gasteiger partial charge in [-0.25, -0.2) is 4.79 Å². The van der Waals surface area contributed by atoms with Gasteiger partial charge in [-0.05, 0) is 37.1 Å². The molecule has 2 aliphatic rings. The maximum absolute atomic E-state index is 14.2. The summed E-state index contributed by atoms with van der Waals surface area (Å²) in [5.41, 5.74) is -0.0306. The molecule has 3 heterocycles. The van der Waals surface area contributed by atoms with Crippen molar-refractivity contribution in [2.24, 2.45) is 0 Å². The average Bonchev–Trinajstić information content (AvgIpc) is 3.15. The first kappa shape index (κ1) is 31.3. The third kappa shape index (κ3) is 5.59. The number of amides is 1. The normalized spacial score (nSPS) is 16.7. The molecule has 0 saturated heterocycles. The minimum Gasteiger partial charge on any atom is -0.451 e. The molecule has 10 nitrogen and oxygen atoms in total. The number of carbonyl (C=O) groups excluding carboxylic acids is 3. The van der Waals surface area contributed by atoms with Gasteiger partial charge in [0.1, 0.15) is 18.8 Å². The number of methoxy groups -OCH3 is 1. The number of hydrogen-bond acceptors (Lipinski definition) is 9. The lowest BCUT2D eigenvalue weighted by atomic mass is 9.94. The van der Waals surface area contributed by atoms with Crippen LogP contribution in [-0.2, 0) is 15.2 Å². The van der Waals surface area contributed by atoms with Crippen LogP contribution in [0.3, 0.4) is 0 Å². The predicted octanol–water partition coefficient (Wildman–Crippen LogP) is 5.52. The van der Waals surface area contributed by atoms with Crippen LogP contribution in [0.4, 0.5) is 18.0 Å². The SMILES string of the molecule is COC(=O)OCOc1c2n(cc(C(C)=O)c1=O)N([C@@H]1c3ccccc3SCc3cccc(Cl)c31)CN(C(C)C(F)(F)F)C2=O. The highest BCUT2D eigenvalue weighted by Gasteiger charge is 2.48. The number of thioether (sulfide) groups is 1. The van der Waals surface area contributed by atoms with Crippen LogP contribution in [-0.4, -0.2) is 60.2 Å². The first-order valence-corrected chi connectivity index (χ1v) is 14.5. The number of halogens is 4. The Kier molecular flexibility index (Phi) is 8.58. The quantitative estimate of drug-likeness (QED) is 0.193. The maximum atomic E-state index is 14.2. The molecule has 1 aromatic heterocycles. The number of ketones is 1. The lowest BCUT2D eigenvalue weighted by Gasteiger charge is -2.46. The molecule has 2 aliphatic heterocycles. The number of ether oxygens (including phenoxy) is 3. The number of benzene rings is 2. The number of hydrogen-bond donors (Lipinski definition) is 0. The monoisotopic (exact) mass is 651 g/mol. The molecule has 5 rings (SSSR count). The fraction of sp³-hybridized carbons (Fsp3) is 0.310. The number of aromatic nitrogens is 1. The molecule has 15 heteroatoms. The second kappa shape index (κ2) is 12.1. The molecule has 2 aromatic carbocycles. The molecular weight excluding hydrogens is 627 g/mol. The molecule has 2 atom stereocenters. The van der Waals surface area contributed by atoms with Gasteiger partial charge in [0.05, 0.1) is 12.7 Å². The Morgan fingerprint density at radius 3 is 2.55 bits per heavy atom. The highest BCUT2D eigenvalue weighted by atomic mass is 35.5. The summed E-state index contributed by atoms with van der Waals surface area (Å²) in [5, 5.41) is 1.77. The van der Waals surface area contributed by atoms with Crippen molar-refractivity contribution in [1.82, 2.24) is 9.58 Å². The van der Waals surface area contributed by atoms with Gasteiger partial charge in [0, 0.05) is 27.4 Å². The molecule has 3 aromatic rings. The lowest BCUT2D eigenvalue weighted by molar-refractivity contribution is -0.173. The predicted molar refractivity (Wildman–Crippen MR) is 154 cm³/mol. The van der Waals surface area contributed by atoms with Gasteiger partial charge in [0.25, 0.3) is 5.91 Å². The largest absolute Gasteiger partial charge is 0.510 e. The van der Waals surface area contributed by atoms with Crippen molar-refractivity contribution in [2.45, 2.75) is 42.8 Å². The van der Waals surface area contributed by atoms with Gasteiger partial charge in [-0.3, -0.25) is 24.1 Å². The van der Waals surface area contributed by atoms with E-state index in [1.165, 1.54) is 16.8 Å². The van der Waals surface area contributed by atoms with Crippen molar-refractivity contribution in [3.8, 4) is 5.75 Å². The smallest absolute Gasteiger partial charge is 0.451 e. The molecule has 1 unspecified atom stereocenters. The fourth-order valence-electron chi connectivity index (χ4n) is 5.14. The Labute approximate surface area is 258 Å². The summed E-state index contributed by atoms with van der Waals surface area (Å²) in [6.45, 7) is 0.400. The second-order valence-electron chi connectivity index (χ2n) is 9.93. The Bertz CT molecular complexity index is 1710. The summed E-state index contributed by atoms with van der Waals surface area (Å²) in [4.78, 5) is 52.9. The Balaban J connectivity index is 1.82. The highest BCUT2D eigenvalue weighted by molar-refractivity contribution is 7.98. The van der Waals surface area contributed by atoms with Crippen LogP contribution in [0.25, 0.3) is 0 Å². The van der Waals surface area contributed by atoms with E-state index in [1.807, 2.05) is 18.2 Å². The molecule has 0 bridgehead atoms. The Hall–Kier alpha value is -4.17. The third-order valence-corrected chi connectivity index (χ3v) is 8.83.